The number of carbonyl (C=O) groups excluding carboxylic acids is 2. The summed E-state index contributed by atoms with van der Waals surface area (Å²) in [5.74, 6) is 1.54. The number of esters is 1. The molecule has 4 aliphatic rings. The third-order valence-electron chi connectivity index (χ3n) is 8.25. The van der Waals surface area contributed by atoms with Crippen LogP contribution in [0.15, 0.2) is 0 Å². The van der Waals surface area contributed by atoms with Gasteiger partial charge in [0.25, 0.3) is 0 Å². The Bertz CT molecular complexity index is 624. The maximum Gasteiger partial charge on any atom is 0.309 e. The SMILES string of the molecule is CC1OC2CC3OC(=O)C(CCC(=O)NCCCN4CCNC4)C(C)C3CC2C1C. The first-order valence-electron chi connectivity index (χ1n) is 12.0. The predicted octanol–water partition coefficient (Wildman–Crippen LogP) is 1.76. The Balaban J connectivity index is 1.22. The second-order valence-electron chi connectivity index (χ2n) is 10.00. The largest absolute Gasteiger partial charge is 0.462 e. The minimum Gasteiger partial charge on any atom is -0.462 e. The average Bonchev–Trinajstić information content (AvgIpc) is 3.32. The molecule has 3 heterocycles. The fourth-order valence-electron chi connectivity index (χ4n) is 6.12. The second-order valence-corrected chi connectivity index (χ2v) is 10.00. The van der Waals surface area contributed by atoms with Gasteiger partial charge in [0, 0.05) is 45.7 Å². The summed E-state index contributed by atoms with van der Waals surface area (Å²) in [5.41, 5.74) is 0. The number of nitrogens with zero attached hydrogens (tertiary/aromatic N) is 1. The zero-order valence-corrected chi connectivity index (χ0v) is 18.8. The molecule has 0 bridgehead atoms. The van der Waals surface area contributed by atoms with Crippen LogP contribution in [-0.2, 0) is 19.1 Å². The molecule has 0 radical (unpaired) electrons. The molecule has 2 N–H and O–H groups in total. The van der Waals surface area contributed by atoms with E-state index in [4.69, 9.17) is 9.47 Å². The summed E-state index contributed by atoms with van der Waals surface area (Å²) in [4.78, 5) is 27.4. The molecule has 8 unspecified atom stereocenters. The molecule has 3 aliphatic heterocycles. The fraction of sp³-hybridized carbons (Fsp3) is 0.913. The van der Waals surface area contributed by atoms with Gasteiger partial charge in [-0.1, -0.05) is 13.8 Å². The topological polar surface area (TPSA) is 79.9 Å². The van der Waals surface area contributed by atoms with Crippen molar-refractivity contribution in [2.24, 2.45) is 29.6 Å². The number of ether oxygens (including phenoxy) is 2. The number of hydrogen-bond donors (Lipinski definition) is 2. The van der Waals surface area contributed by atoms with E-state index < -0.39 is 0 Å². The predicted molar refractivity (Wildman–Crippen MR) is 114 cm³/mol. The van der Waals surface area contributed by atoms with Gasteiger partial charge in [0.1, 0.15) is 6.10 Å². The summed E-state index contributed by atoms with van der Waals surface area (Å²) >= 11 is 0. The van der Waals surface area contributed by atoms with Crippen LogP contribution in [0.1, 0.15) is 52.9 Å². The molecule has 8 atom stereocenters. The van der Waals surface area contributed by atoms with Crippen molar-refractivity contribution in [1.29, 1.82) is 0 Å². The molecule has 30 heavy (non-hydrogen) atoms. The molecule has 170 valence electrons. The lowest BCUT2D eigenvalue weighted by molar-refractivity contribution is -0.182. The van der Waals surface area contributed by atoms with Gasteiger partial charge < -0.3 is 20.1 Å². The highest BCUT2D eigenvalue weighted by atomic mass is 16.6. The van der Waals surface area contributed by atoms with Crippen molar-refractivity contribution < 1.29 is 19.1 Å². The molecule has 7 heteroatoms. The molecule has 0 aromatic heterocycles. The van der Waals surface area contributed by atoms with Crippen LogP contribution in [0.25, 0.3) is 0 Å². The van der Waals surface area contributed by atoms with E-state index in [0.717, 1.165) is 45.6 Å². The van der Waals surface area contributed by atoms with Crippen molar-refractivity contribution in [2.45, 2.75) is 71.2 Å². The second kappa shape index (κ2) is 9.53. The van der Waals surface area contributed by atoms with Crippen molar-refractivity contribution in [2.75, 3.05) is 32.8 Å². The lowest BCUT2D eigenvalue weighted by Crippen LogP contribution is -2.50. The molecule has 0 spiro atoms. The Morgan fingerprint density at radius 1 is 1.17 bits per heavy atom. The zero-order valence-electron chi connectivity index (χ0n) is 18.8. The summed E-state index contributed by atoms with van der Waals surface area (Å²) < 4.78 is 12.0. The minimum atomic E-state index is -0.167. The summed E-state index contributed by atoms with van der Waals surface area (Å²) in [6, 6.07) is 0. The quantitative estimate of drug-likeness (QED) is 0.482. The lowest BCUT2D eigenvalue weighted by Gasteiger charge is -2.46. The van der Waals surface area contributed by atoms with Gasteiger partial charge in [0.05, 0.1) is 18.1 Å². The summed E-state index contributed by atoms with van der Waals surface area (Å²) in [6.07, 6.45) is 4.35. The first-order chi connectivity index (χ1) is 14.4. The molecule has 4 rings (SSSR count). The highest BCUT2D eigenvalue weighted by Crippen LogP contribution is 2.49. The first kappa shape index (κ1) is 22.0. The van der Waals surface area contributed by atoms with Gasteiger partial charge >= 0.3 is 5.97 Å². The van der Waals surface area contributed by atoms with Crippen LogP contribution >= 0.6 is 0 Å². The molecular weight excluding hydrogens is 382 g/mol. The van der Waals surface area contributed by atoms with Gasteiger partial charge in [-0.05, 0) is 49.9 Å². The lowest BCUT2D eigenvalue weighted by atomic mass is 9.65. The summed E-state index contributed by atoms with van der Waals surface area (Å²) in [7, 11) is 0. The van der Waals surface area contributed by atoms with E-state index in [1.165, 1.54) is 0 Å². The maximum absolute atomic E-state index is 12.7. The Labute approximate surface area is 180 Å². The molecule has 3 saturated heterocycles. The number of amides is 1. The molecular formula is C23H39N3O4. The number of nitrogens with one attached hydrogen (secondary N) is 2. The summed E-state index contributed by atoms with van der Waals surface area (Å²) in [6.45, 7) is 11.4. The maximum atomic E-state index is 12.7. The van der Waals surface area contributed by atoms with E-state index in [2.05, 4.69) is 36.3 Å². The number of carbonyl (C=O) groups is 2. The smallest absolute Gasteiger partial charge is 0.309 e. The number of hydrogen-bond acceptors (Lipinski definition) is 6. The van der Waals surface area contributed by atoms with Crippen molar-refractivity contribution in [3.05, 3.63) is 0 Å². The van der Waals surface area contributed by atoms with Crippen molar-refractivity contribution >= 4 is 11.9 Å². The van der Waals surface area contributed by atoms with E-state index in [1.807, 2.05) is 0 Å². The van der Waals surface area contributed by atoms with Crippen molar-refractivity contribution in [3.63, 3.8) is 0 Å². The Morgan fingerprint density at radius 3 is 2.73 bits per heavy atom. The van der Waals surface area contributed by atoms with Crippen LogP contribution in [0, 0.1) is 29.6 Å². The molecule has 1 aliphatic carbocycles. The molecule has 4 fully saturated rings. The van der Waals surface area contributed by atoms with Crippen LogP contribution in [0.2, 0.25) is 0 Å². The van der Waals surface area contributed by atoms with Crippen LogP contribution in [-0.4, -0.2) is 67.9 Å². The van der Waals surface area contributed by atoms with Crippen LogP contribution in [0.5, 0.6) is 0 Å². The van der Waals surface area contributed by atoms with Gasteiger partial charge in [0.15, 0.2) is 0 Å². The Kier molecular flexibility index (Phi) is 7.00. The van der Waals surface area contributed by atoms with E-state index >= 15 is 0 Å². The van der Waals surface area contributed by atoms with Crippen LogP contribution in [0.4, 0.5) is 0 Å². The average molecular weight is 422 g/mol. The van der Waals surface area contributed by atoms with Gasteiger partial charge in [0.2, 0.25) is 5.91 Å². The Morgan fingerprint density at radius 2 is 1.97 bits per heavy atom. The van der Waals surface area contributed by atoms with E-state index in [-0.39, 0.29) is 42.0 Å². The normalized spacial score (nSPS) is 41.2. The highest BCUT2D eigenvalue weighted by Gasteiger charge is 2.53. The Hall–Kier alpha value is -1.18. The van der Waals surface area contributed by atoms with Gasteiger partial charge in [-0.3, -0.25) is 14.5 Å². The van der Waals surface area contributed by atoms with Crippen LogP contribution < -0.4 is 10.6 Å². The first-order valence-corrected chi connectivity index (χ1v) is 12.0. The van der Waals surface area contributed by atoms with E-state index in [1.54, 1.807) is 0 Å². The monoisotopic (exact) mass is 421 g/mol. The third-order valence-corrected chi connectivity index (χ3v) is 8.25. The number of fused-ring (bicyclic) bond motifs is 2. The van der Waals surface area contributed by atoms with Crippen LogP contribution in [0.3, 0.4) is 0 Å². The van der Waals surface area contributed by atoms with Crippen molar-refractivity contribution in [1.82, 2.24) is 15.5 Å². The van der Waals surface area contributed by atoms with Gasteiger partial charge in [-0.25, -0.2) is 0 Å². The molecule has 1 saturated carbocycles. The fourth-order valence-corrected chi connectivity index (χ4v) is 6.12. The highest BCUT2D eigenvalue weighted by molar-refractivity contribution is 5.78. The minimum absolute atomic E-state index is 0.0172. The van der Waals surface area contributed by atoms with E-state index in [0.29, 0.717) is 37.1 Å². The number of rotatable bonds is 7. The van der Waals surface area contributed by atoms with Crippen molar-refractivity contribution in [3.8, 4) is 0 Å². The van der Waals surface area contributed by atoms with E-state index in [9.17, 15) is 9.59 Å². The van der Waals surface area contributed by atoms with Gasteiger partial charge in [-0.15, -0.1) is 0 Å². The molecule has 0 aromatic carbocycles. The standard InChI is InChI=1S/C23H39N3O4/c1-14-16(3)29-20-12-21-19(11-18(14)20)15(2)17(23(28)30-21)5-6-22(27)25-7-4-9-26-10-8-24-13-26/h14-21,24H,4-13H2,1-3H3,(H,25,27). The zero-order chi connectivity index (χ0) is 21.3. The molecule has 1 amide bonds. The van der Waals surface area contributed by atoms with Gasteiger partial charge in [-0.2, -0.15) is 0 Å². The summed E-state index contributed by atoms with van der Waals surface area (Å²) in [5, 5.41) is 6.33. The molecule has 0 aromatic rings. The third kappa shape index (κ3) is 4.68. The molecule has 7 nitrogen and oxygen atoms in total.